The molecule has 2 amide bonds. The summed E-state index contributed by atoms with van der Waals surface area (Å²) in [5.74, 6) is 0. The van der Waals surface area contributed by atoms with E-state index in [1.165, 1.54) is 9.75 Å². The van der Waals surface area contributed by atoms with Crippen LogP contribution in [0.25, 0.3) is 0 Å². The SMILES string of the molecule is Cc1ccc(CNC(=O)NC2CCN(C)CC2)s1. The van der Waals surface area contributed by atoms with Crippen LogP contribution in [0.3, 0.4) is 0 Å². The van der Waals surface area contributed by atoms with E-state index < -0.39 is 0 Å². The Labute approximate surface area is 112 Å². The van der Waals surface area contributed by atoms with Gasteiger partial charge in [-0.05, 0) is 52.0 Å². The Kier molecular flexibility index (Phi) is 4.60. The topological polar surface area (TPSA) is 44.4 Å². The van der Waals surface area contributed by atoms with Crippen LogP contribution in [0.5, 0.6) is 0 Å². The first-order valence-electron chi connectivity index (χ1n) is 6.42. The molecule has 1 saturated heterocycles. The van der Waals surface area contributed by atoms with Crippen molar-refractivity contribution >= 4 is 17.4 Å². The number of carbonyl (C=O) groups excluding carboxylic acids is 1. The third kappa shape index (κ3) is 3.99. The summed E-state index contributed by atoms with van der Waals surface area (Å²) in [5.41, 5.74) is 0. The predicted molar refractivity (Wildman–Crippen MR) is 74.9 cm³/mol. The standard InChI is InChI=1S/C13H21N3OS/c1-10-3-4-12(18-10)9-14-13(17)15-11-5-7-16(2)8-6-11/h3-4,11H,5-9H2,1-2H3,(H2,14,15,17). The molecule has 2 rings (SSSR count). The summed E-state index contributed by atoms with van der Waals surface area (Å²) >= 11 is 1.73. The summed E-state index contributed by atoms with van der Waals surface area (Å²) < 4.78 is 0. The first-order valence-corrected chi connectivity index (χ1v) is 7.23. The molecule has 1 aromatic rings. The summed E-state index contributed by atoms with van der Waals surface area (Å²) in [6, 6.07) is 4.42. The van der Waals surface area contributed by atoms with Crippen molar-refractivity contribution in [3.05, 3.63) is 21.9 Å². The number of rotatable bonds is 3. The van der Waals surface area contributed by atoms with Crippen molar-refractivity contribution in [1.29, 1.82) is 0 Å². The fourth-order valence-corrected chi connectivity index (χ4v) is 2.97. The first kappa shape index (κ1) is 13.4. The second-order valence-corrected chi connectivity index (χ2v) is 6.29. The minimum atomic E-state index is -0.0457. The maximum atomic E-state index is 11.7. The highest BCUT2D eigenvalue weighted by atomic mass is 32.1. The lowest BCUT2D eigenvalue weighted by Crippen LogP contribution is -2.46. The van der Waals surface area contributed by atoms with Crippen LogP contribution >= 0.6 is 11.3 Å². The molecule has 18 heavy (non-hydrogen) atoms. The van der Waals surface area contributed by atoms with Crippen molar-refractivity contribution < 1.29 is 4.79 Å². The number of nitrogens with zero attached hydrogens (tertiary/aromatic N) is 1. The largest absolute Gasteiger partial charge is 0.335 e. The van der Waals surface area contributed by atoms with Crippen LogP contribution in [-0.2, 0) is 6.54 Å². The van der Waals surface area contributed by atoms with Crippen LogP contribution in [0.15, 0.2) is 12.1 Å². The predicted octanol–water partition coefficient (Wildman–Crippen LogP) is 1.95. The summed E-state index contributed by atoms with van der Waals surface area (Å²) in [6.45, 7) is 4.83. The molecule has 0 atom stereocenters. The Morgan fingerprint density at radius 3 is 2.78 bits per heavy atom. The van der Waals surface area contributed by atoms with Gasteiger partial charge in [0.1, 0.15) is 0 Å². The molecule has 0 aromatic carbocycles. The highest BCUT2D eigenvalue weighted by molar-refractivity contribution is 7.11. The lowest BCUT2D eigenvalue weighted by Gasteiger charge is -2.29. The number of carbonyl (C=O) groups is 1. The average Bonchev–Trinajstić information content (AvgIpc) is 2.76. The van der Waals surface area contributed by atoms with E-state index in [9.17, 15) is 4.79 Å². The molecule has 0 aliphatic carbocycles. The Hall–Kier alpha value is -1.07. The van der Waals surface area contributed by atoms with Gasteiger partial charge in [0.2, 0.25) is 0 Å². The highest BCUT2D eigenvalue weighted by Gasteiger charge is 2.18. The van der Waals surface area contributed by atoms with Crippen molar-refractivity contribution in [2.24, 2.45) is 0 Å². The number of urea groups is 1. The number of aryl methyl sites for hydroxylation is 1. The number of amides is 2. The first-order chi connectivity index (χ1) is 8.63. The van der Waals surface area contributed by atoms with Crippen molar-refractivity contribution in [2.45, 2.75) is 32.4 Å². The van der Waals surface area contributed by atoms with Crippen LogP contribution in [0.2, 0.25) is 0 Å². The third-order valence-electron chi connectivity index (χ3n) is 3.27. The molecular weight excluding hydrogens is 246 g/mol. The molecule has 100 valence electrons. The molecular formula is C13H21N3OS. The van der Waals surface area contributed by atoms with Gasteiger partial charge in [-0.3, -0.25) is 0 Å². The minimum absolute atomic E-state index is 0.0457. The van der Waals surface area contributed by atoms with E-state index >= 15 is 0 Å². The number of hydrogen-bond donors (Lipinski definition) is 2. The van der Waals surface area contributed by atoms with Crippen LogP contribution in [0, 0.1) is 6.92 Å². The Bertz CT molecular complexity index is 397. The van der Waals surface area contributed by atoms with E-state index in [0.29, 0.717) is 12.6 Å². The van der Waals surface area contributed by atoms with E-state index in [0.717, 1.165) is 25.9 Å². The van der Waals surface area contributed by atoms with Gasteiger partial charge < -0.3 is 15.5 Å². The van der Waals surface area contributed by atoms with E-state index in [1.54, 1.807) is 11.3 Å². The number of likely N-dealkylation sites (tertiary alicyclic amines) is 1. The molecule has 0 saturated carbocycles. The van der Waals surface area contributed by atoms with Gasteiger partial charge in [0.05, 0.1) is 6.54 Å². The van der Waals surface area contributed by atoms with Gasteiger partial charge >= 0.3 is 6.03 Å². The maximum absolute atomic E-state index is 11.7. The van der Waals surface area contributed by atoms with Gasteiger partial charge in [0.15, 0.2) is 0 Å². The molecule has 0 radical (unpaired) electrons. The summed E-state index contributed by atoms with van der Waals surface area (Å²) in [5, 5.41) is 5.96. The second kappa shape index (κ2) is 6.20. The normalized spacial score (nSPS) is 17.7. The number of nitrogens with one attached hydrogen (secondary N) is 2. The lowest BCUT2D eigenvalue weighted by molar-refractivity contribution is 0.213. The highest BCUT2D eigenvalue weighted by Crippen LogP contribution is 2.14. The van der Waals surface area contributed by atoms with E-state index in [1.807, 2.05) is 0 Å². The zero-order valence-corrected chi connectivity index (χ0v) is 11.8. The fourth-order valence-electron chi connectivity index (χ4n) is 2.14. The van der Waals surface area contributed by atoms with E-state index in [4.69, 9.17) is 0 Å². The monoisotopic (exact) mass is 267 g/mol. The Morgan fingerprint density at radius 1 is 1.44 bits per heavy atom. The fraction of sp³-hybridized carbons (Fsp3) is 0.615. The number of thiophene rings is 1. The number of piperidine rings is 1. The van der Waals surface area contributed by atoms with Crippen LogP contribution < -0.4 is 10.6 Å². The molecule has 2 N–H and O–H groups in total. The van der Waals surface area contributed by atoms with Crippen molar-refractivity contribution in [1.82, 2.24) is 15.5 Å². The van der Waals surface area contributed by atoms with Gasteiger partial charge in [-0.2, -0.15) is 0 Å². The zero-order chi connectivity index (χ0) is 13.0. The average molecular weight is 267 g/mol. The van der Waals surface area contributed by atoms with Crippen molar-refractivity contribution in [3.8, 4) is 0 Å². The molecule has 1 aliphatic heterocycles. The van der Waals surface area contributed by atoms with Crippen LogP contribution in [-0.4, -0.2) is 37.1 Å². The zero-order valence-electron chi connectivity index (χ0n) is 11.0. The molecule has 1 fully saturated rings. The van der Waals surface area contributed by atoms with Gasteiger partial charge in [-0.15, -0.1) is 11.3 Å². The Morgan fingerprint density at radius 2 is 2.17 bits per heavy atom. The third-order valence-corrected chi connectivity index (χ3v) is 4.27. The molecule has 0 spiro atoms. The van der Waals surface area contributed by atoms with Gasteiger partial charge in [-0.1, -0.05) is 0 Å². The molecule has 1 aliphatic rings. The second-order valence-electron chi connectivity index (χ2n) is 4.92. The Balaban J connectivity index is 1.69. The lowest BCUT2D eigenvalue weighted by atomic mass is 10.1. The summed E-state index contributed by atoms with van der Waals surface area (Å²) in [4.78, 5) is 16.5. The smallest absolute Gasteiger partial charge is 0.315 e. The molecule has 1 aromatic heterocycles. The van der Waals surface area contributed by atoms with Crippen molar-refractivity contribution in [2.75, 3.05) is 20.1 Å². The quantitative estimate of drug-likeness (QED) is 0.879. The van der Waals surface area contributed by atoms with Gasteiger partial charge in [-0.25, -0.2) is 4.79 Å². The van der Waals surface area contributed by atoms with Gasteiger partial charge in [0, 0.05) is 15.8 Å². The summed E-state index contributed by atoms with van der Waals surface area (Å²) in [7, 11) is 2.12. The minimum Gasteiger partial charge on any atom is -0.335 e. The van der Waals surface area contributed by atoms with Gasteiger partial charge in [0.25, 0.3) is 0 Å². The van der Waals surface area contributed by atoms with E-state index in [-0.39, 0.29) is 6.03 Å². The maximum Gasteiger partial charge on any atom is 0.315 e. The van der Waals surface area contributed by atoms with Crippen LogP contribution in [0.1, 0.15) is 22.6 Å². The molecule has 0 unspecified atom stereocenters. The van der Waals surface area contributed by atoms with E-state index in [2.05, 4.69) is 41.6 Å². The van der Waals surface area contributed by atoms with Crippen LogP contribution in [0.4, 0.5) is 4.79 Å². The van der Waals surface area contributed by atoms with Crippen molar-refractivity contribution in [3.63, 3.8) is 0 Å². The summed E-state index contributed by atoms with van der Waals surface area (Å²) in [6.07, 6.45) is 2.09. The number of hydrogen-bond acceptors (Lipinski definition) is 3. The molecule has 0 bridgehead atoms. The molecule has 2 heterocycles. The molecule has 5 heteroatoms. The molecule has 4 nitrogen and oxygen atoms in total.